The van der Waals surface area contributed by atoms with Crippen LogP contribution < -0.4 is 4.74 Å². The maximum absolute atomic E-state index is 11.5. The van der Waals surface area contributed by atoms with Crippen LogP contribution in [0.1, 0.15) is 17.9 Å². The summed E-state index contributed by atoms with van der Waals surface area (Å²) in [5.41, 5.74) is 1.20. The predicted molar refractivity (Wildman–Crippen MR) is 85.5 cm³/mol. The Bertz CT molecular complexity index is 764. The highest BCUT2D eigenvalue weighted by atomic mass is 32.2. The summed E-state index contributed by atoms with van der Waals surface area (Å²) < 4.78 is 35.9. The Balaban J connectivity index is 1.55. The second-order valence-electron chi connectivity index (χ2n) is 5.69. The molecule has 3 rings (SSSR count). The summed E-state index contributed by atoms with van der Waals surface area (Å²) in [7, 11) is -3.22. The van der Waals surface area contributed by atoms with E-state index in [0.29, 0.717) is 24.8 Å². The van der Waals surface area contributed by atoms with E-state index in [0.717, 1.165) is 19.6 Å². The van der Waals surface area contributed by atoms with Crippen molar-refractivity contribution in [1.82, 2.24) is 9.78 Å². The summed E-state index contributed by atoms with van der Waals surface area (Å²) in [6.45, 7) is 2.61. The molecule has 1 aliphatic heterocycles. The zero-order valence-corrected chi connectivity index (χ0v) is 13.8. The summed E-state index contributed by atoms with van der Waals surface area (Å²) >= 11 is 0. The van der Waals surface area contributed by atoms with Gasteiger partial charge in [-0.3, -0.25) is 4.68 Å². The van der Waals surface area contributed by atoms with Crippen LogP contribution in [-0.2, 0) is 21.1 Å². The highest BCUT2D eigenvalue weighted by Gasteiger charge is 2.19. The minimum absolute atomic E-state index is 0.262. The number of sulfone groups is 1. The quantitative estimate of drug-likeness (QED) is 0.805. The third kappa shape index (κ3) is 4.11. The van der Waals surface area contributed by atoms with Gasteiger partial charge >= 0.3 is 0 Å². The first-order valence-electron chi connectivity index (χ1n) is 7.55. The zero-order chi connectivity index (χ0) is 16.3. The van der Waals surface area contributed by atoms with E-state index in [1.165, 1.54) is 11.8 Å². The topological polar surface area (TPSA) is 70.4 Å². The molecule has 6 nitrogen and oxygen atoms in total. The van der Waals surface area contributed by atoms with Gasteiger partial charge in [0.1, 0.15) is 12.4 Å². The molecular weight excluding hydrogens is 316 g/mol. The van der Waals surface area contributed by atoms with Gasteiger partial charge in [-0.15, -0.1) is 0 Å². The Hall–Kier alpha value is -1.86. The number of aromatic nitrogens is 2. The van der Waals surface area contributed by atoms with Gasteiger partial charge in [-0.05, 0) is 30.2 Å². The van der Waals surface area contributed by atoms with Crippen molar-refractivity contribution < 1.29 is 17.9 Å². The number of ether oxygens (including phenoxy) is 2. The molecule has 0 amide bonds. The summed E-state index contributed by atoms with van der Waals surface area (Å²) in [4.78, 5) is 0.262. The molecule has 0 spiro atoms. The molecule has 1 unspecified atom stereocenters. The Morgan fingerprint density at radius 2 is 2.30 bits per heavy atom. The normalized spacial score (nSPS) is 18.2. The molecule has 7 heteroatoms. The first kappa shape index (κ1) is 16.0. The standard InChI is InChI=1S/C16H20N2O4S/c1-23(19,20)16-4-2-3-15(9-16)22-8-6-18-11-14(10-17-18)13-5-7-21-12-13/h2-4,9-11,13H,5-8,12H2,1H3. The van der Waals surface area contributed by atoms with E-state index in [4.69, 9.17) is 9.47 Å². The van der Waals surface area contributed by atoms with Gasteiger partial charge in [0.15, 0.2) is 9.84 Å². The molecule has 0 aliphatic carbocycles. The van der Waals surface area contributed by atoms with E-state index in [2.05, 4.69) is 5.10 Å². The molecule has 1 atom stereocenters. The van der Waals surface area contributed by atoms with Gasteiger partial charge in [0.2, 0.25) is 0 Å². The van der Waals surface area contributed by atoms with Gasteiger partial charge < -0.3 is 9.47 Å². The van der Waals surface area contributed by atoms with Gasteiger partial charge in [0, 0.05) is 25.0 Å². The minimum Gasteiger partial charge on any atom is -0.492 e. The minimum atomic E-state index is -3.22. The first-order chi connectivity index (χ1) is 11.0. The van der Waals surface area contributed by atoms with Gasteiger partial charge in [0.05, 0.1) is 24.2 Å². The van der Waals surface area contributed by atoms with Crippen molar-refractivity contribution in [2.24, 2.45) is 0 Å². The van der Waals surface area contributed by atoms with Crippen molar-refractivity contribution in [2.45, 2.75) is 23.8 Å². The number of hydrogen-bond donors (Lipinski definition) is 0. The molecule has 2 aromatic rings. The lowest BCUT2D eigenvalue weighted by Gasteiger charge is -2.08. The number of hydrogen-bond acceptors (Lipinski definition) is 5. The van der Waals surface area contributed by atoms with Crippen LogP contribution in [0.15, 0.2) is 41.6 Å². The van der Waals surface area contributed by atoms with E-state index in [1.807, 2.05) is 17.1 Å². The van der Waals surface area contributed by atoms with Crippen LogP contribution in [0.25, 0.3) is 0 Å². The summed E-state index contributed by atoms with van der Waals surface area (Å²) in [6.07, 6.45) is 6.13. The molecule has 0 bridgehead atoms. The lowest BCUT2D eigenvalue weighted by molar-refractivity contribution is 0.194. The van der Waals surface area contributed by atoms with E-state index in [9.17, 15) is 8.42 Å². The van der Waals surface area contributed by atoms with Crippen LogP contribution >= 0.6 is 0 Å². The second kappa shape index (κ2) is 6.72. The van der Waals surface area contributed by atoms with Crippen LogP contribution in [0, 0.1) is 0 Å². The van der Waals surface area contributed by atoms with Crippen LogP contribution in [0.5, 0.6) is 5.75 Å². The van der Waals surface area contributed by atoms with Crippen molar-refractivity contribution >= 4 is 9.84 Å². The fourth-order valence-electron chi connectivity index (χ4n) is 2.56. The zero-order valence-electron chi connectivity index (χ0n) is 13.0. The van der Waals surface area contributed by atoms with E-state index in [1.54, 1.807) is 24.3 Å². The highest BCUT2D eigenvalue weighted by molar-refractivity contribution is 7.90. The third-order valence-corrected chi connectivity index (χ3v) is 4.99. The molecule has 1 aromatic carbocycles. The van der Waals surface area contributed by atoms with Crippen LogP contribution in [0.4, 0.5) is 0 Å². The molecule has 2 heterocycles. The van der Waals surface area contributed by atoms with Gasteiger partial charge in [-0.2, -0.15) is 5.10 Å². The monoisotopic (exact) mass is 336 g/mol. The summed E-state index contributed by atoms with van der Waals surface area (Å²) in [5, 5.41) is 4.33. The first-order valence-corrected chi connectivity index (χ1v) is 9.44. The molecule has 1 saturated heterocycles. The van der Waals surface area contributed by atoms with E-state index >= 15 is 0 Å². The summed E-state index contributed by atoms with van der Waals surface area (Å²) in [6, 6.07) is 6.53. The fraction of sp³-hybridized carbons (Fsp3) is 0.438. The number of benzene rings is 1. The highest BCUT2D eigenvalue weighted by Crippen LogP contribution is 2.24. The average Bonchev–Trinajstić information content (AvgIpc) is 3.18. The predicted octanol–water partition coefficient (Wildman–Crippen LogP) is 1.87. The Morgan fingerprint density at radius 1 is 1.43 bits per heavy atom. The third-order valence-electron chi connectivity index (χ3n) is 3.88. The van der Waals surface area contributed by atoms with Gasteiger partial charge in [-0.1, -0.05) is 6.07 Å². The second-order valence-corrected chi connectivity index (χ2v) is 7.71. The molecule has 0 N–H and O–H groups in total. The molecule has 1 fully saturated rings. The Morgan fingerprint density at radius 3 is 3.04 bits per heavy atom. The molecule has 1 aliphatic rings. The molecular formula is C16H20N2O4S. The van der Waals surface area contributed by atoms with Crippen molar-refractivity contribution in [3.8, 4) is 5.75 Å². The fourth-order valence-corrected chi connectivity index (χ4v) is 3.22. The number of rotatable bonds is 6. The molecule has 0 saturated carbocycles. The molecule has 1 aromatic heterocycles. The molecule has 124 valence electrons. The van der Waals surface area contributed by atoms with Gasteiger partial charge in [-0.25, -0.2) is 8.42 Å². The van der Waals surface area contributed by atoms with Crippen LogP contribution in [0.3, 0.4) is 0 Å². The number of nitrogens with zero attached hydrogens (tertiary/aromatic N) is 2. The van der Waals surface area contributed by atoms with Crippen LogP contribution in [-0.4, -0.2) is 44.3 Å². The lowest BCUT2D eigenvalue weighted by Crippen LogP contribution is -2.09. The SMILES string of the molecule is CS(=O)(=O)c1cccc(OCCn2cc(C3CCOC3)cn2)c1. The van der Waals surface area contributed by atoms with Crippen LogP contribution in [0.2, 0.25) is 0 Å². The van der Waals surface area contributed by atoms with Crippen molar-refractivity contribution in [3.63, 3.8) is 0 Å². The maximum Gasteiger partial charge on any atom is 0.175 e. The largest absolute Gasteiger partial charge is 0.492 e. The maximum atomic E-state index is 11.5. The van der Waals surface area contributed by atoms with Gasteiger partial charge in [0.25, 0.3) is 0 Å². The molecule has 0 radical (unpaired) electrons. The Kier molecular flexibility index (Phi) is 4.68. The van der Waals surface area contributed by atoms with Crippen molar-refractivity contribution in [2.75, 3.05) is 26.1 Å². The Labute approximate surface area is 135 Å². The van der Waals surface area contributed by atoms with E-state index < -0.39 is 9.84 Å². The van der Waals surface area contributed by atoms with E-state index in [-0.39, 0.29) is 4.90 Å². The molecule has 23 heavy (non-hydrogen) atoms. The summed E-state index contributed by atoms with van der Waals surface area (Å²) in [5.74, 6) is 0.987. The van der Waals surface area contributed by atoms with Crippen molar-refractivity contribution in [3.05, 3.63) is 42.2 Å². The smallest absolute Gasteiger partial charge is 0.175 e. The average molecular weight is 336 g/mol. The lowest BCUT2D eigenvalue weighted by atomic mass is 10.0. The van der Waals surface area contributed by atoms with Crippen molar-refractivity contribution in [1.29, 1.82) is 0 Å².